The van der Waals surface area contributed by atoms with E-state index in [1.165, 1.54) is 0 Å². The Bertz CT molecular complexity index is 520. The lowest BCUT2D eigenvalue weighted by molar-refractivity contribution is 0.415. The molecule has 1 heterocycles. The van der Waals surface area contributed by atoms with Crippen molar-refractivity contribution in [2.45, 2.75) is 0 Å². The van der Waals surface area contributed by atoms with Gasteiger partial charge in [0.25, 0.3) is 0 Å². The van der Waals surface area contributed by atoms with Gasteiger partial charge in [-0.25, -0.2) is 0 Å². The molecule has 0 saturated carbocycles. The summed E-state index contributed by atoms with van der Waals surface area (Å²) < 4.78 is 5.11. The van der Waals surface area contributed by atoms with Gasteiger partial charge in [0.1, 0.15) is 11.5 Å². The average Bonchev–Trinajstić information content (AvgIpc) is 2.27. The molecular weight excluding hydrogens is 190 g/mol. The van der Waals surface area contributed by atoms with Crippen LogP contribution in [0, 0.1) is 0 Å². The van der Waals surface area contributed by atoms with Gasteiger partial charge in [-0.05, 0) is 24.3 Å². The van der Waals surface area contributed by atoms with Crippen LogP contribution in [0.15, 0.2) is 37.0 Å². The quantitative estimate of drug-likeness (QED) is 0.759. The third-order valence-electron chi connectivity index (χ3n) is 2.22. The average molecular weight is 201 g/mol. The molecule has 0 aliphatic rings. The zero-order valence-corrected chi connectivity index (χ0v) is 8.40. The Morgan fingerprint density at radius 2 is 2.20 bits per heavy atom. The Morgan fingerprint density at radius 1 is 1.40 bits per heavy atom. The standard InChI is InChI=1S/C12H11NO2/c1-8(14)10-5-9-6-11(15-2)3-4-12(9)13-7-10/h3-7,14H,1H2,2H3. The van der Waals surface area contributed by atoms with Crippen molar-refractivity contribution >= 4 is 16.7 Å². The van der Waals surface area contributed by atoms with E-state index in [1.54, 1.807) is 13.3 Å². The van der Waals surface area contributed by atoms with E-state index in [2.05, 4.69) is 11.6 Å². The number of hydrogen-bond donors (Lipinski definition) is 1. The zero-order valence-electron chi connectivity index (χ0n) is 8.40. The van der Waals surface area contributed by atoms with Crippen LogP contribution in [0.25, 0.3) is 16.7 Å². The van der Waals surface area contributed by atoms with Crippen LogP contribution in [0.2, 0.25) is 0 Å². The molecule has 3 heteroatoms. The molecule has 0 aliphatic heterocycles. The third kappa shape index (κ3) is 1.76. The minimum Gasteiger partial charge on any atom is -0.508 e. The van der Waals surface area contributed by atoms with Gasteiger partial charge in [0.2, 0.25) is 0 Å². The van der Waals surface area contributed by atoms with Gasteiger partial charge in [0, 0.05) is 17.1 Å². The molecule has 0 atom stereocenters. The van der Waals surface area contributed by atoms with Gasteiger partial charge < -0.3 is 9.84 Å². The number of methoxy groups -OCH3 is 1. The third-order valence-corrected chi connectivity index (χ3v) is 2.22. The highest BCUT2D eigenvalue weighted by Gasteiger charge is 2.01. The molecule has 0 amide bonds. The smallest absolute Gasteiger partial charge is 0.119 e. The summed E-state index contributed by atoms with van der Waals surface area (Å²) in [6, 6.07) is 7.42. The Balaban J connectivity index is 2.62. The lowest BCUT2D eigenvalue weighted by atomic mass is 10.1. The fourth-order valence-electron chi connectivity index (χ4n) is 1.39. The first kappa shape index (κ1) is 9.52. The normalized spacial score (nSPS) is 10.2. The number of nitrogens with zero attached hydrogens (tertiary/aromatic N) is 1. The highest BCUT2D eigenvalue weighted by atomic mass is 16.5. The highest BCUT2D eigenvalue weighted by Crippen LogP contribution is 2.21. The molecule has 0 spiro atoms. The molecule has 76 valence electrons. The second-order valence-corrected chi connectivity index (χ2v) is 3.23. The fraction of sp³-hybridized carbons (Fsp3) is 0.0833. The number of aromatic nitrogens is 1. The van der Waals surface area contributed by atoms with Crippen molar-refractivity contribution in [3.8, 4) is 5.75 Å². The largest absolute Gasteiger partial charge is 0.508 e. The van der Waals surface area contributed by atoms with Crippen molar-refractivity contribution in [3.05, 3.63) is 42.6 Å². The number of hydrogen-bond acceptors (Lipinski definition) is 3. The monoisotopic (exact) mass is 201 g/mol. The molecule has 2 rings (SSSR count). The van der Waals surface area contributed by atoms with E-state index in [1.807, 2.05) is 24.3 Å². The number of aliphatic hydroxyl groups excluding tert-OH is 1. The van der Waals surface area contributed by atoms with Crippen LogP contribution in [0.5, 0.6) is 5.75 Å². The van der Waals surface area contributed by atoms with Crippen molar-refractivity contribution in [1.29, 1.82) is 0 Å². The number of aliphatic hydroxyl groups is 1. The number of ether oxygens (including phenoxy) is 1. The summed E-state index contributed by atoms with van der Waals surface area (Å²) in [4.78, 5) is 4.20. The van der Waals surface area contributed by atoms with Crippen LogP contribution in [0.1, 0.15) is 5.56 Å². The van der Waals surface area contributed by atoms with Crippen LogP contribution >= 0.6 is 0 Å². The Labute approximate surface area is 87.6 Å². The van der Waals surface area contributed by atoms with E-state index in [0.29, 0.717) is 5.56 Å². The summed E-state index contributed by atoms with van der Waals surface area (Å²) in [5, 5.41) is 10.2. The topological polar surface area (TPSA) is 42.4 Å². The molecule has 0 unspecified atom stereocenters. The number of benzene rings is 1. The summed E-state index contributed by atoms with van der Waals surface area (Å²) in [6.45, 7) is 3.46. The second kappa shape index (κ2) is 3.61. The minimum absolute atomic E-state index is 0.0206. The zero-order chi connectivity index (χ0) is 10.8. The Kier molecular flexibility index (Phi) is 2.29. The van der Waals surface area contributed by atoms with Crippen molar-refractivity contribution in [3.63, 3.8) is 0 Å². The van der Waals surface area contributed by atoms with Gasteiger partial charge in [-0.3, -0.25) is 4.98 Å². The minimum atomic E-state index is 0.0206. The van der Waals surface area contributed by atoms with E-state index in [4.69, 9.17) is 4.74 Å². The molecular formula is C12H11NO2. The van der Waals surface area contributed by atoms with Crippen molar-refractivity contribution in [1.82, 2.24) is 4.98 Å². The molecule has 0 bridgehead atoms. The van der Waals surface area contributed by atoms with E-state index in [9.17, 15) is 5.11 Å². The molecule has 1 aromatic heterocycles. The Hall–Kier alpha value is -2.03. The van der Waals surface area contributed by atoms with Crippen molar-refractivity contribution in [2.24, 2.45) is 0 Å². The summed E-state index contributed by atoms with van der Waals surface area (Å²) in [5.74, 6) is 0.789. The van der Waals surface area contributed by atoms with Gasteiger partial charge >= 0.3 is 0 Å². The summed E-state index contributed by atoms with van der Waals surface area (Å²) >= 11 is 0. The van der Waals surface area contributed by atoms with Crippen LogP contribution < -0.4 is 4.74 Å². The first-order valence-corrected chi connectivity index (χ1v) is 4.53. The summed E-state index contributed by atoms with van der Waals surface area (Å²) in [7, 11) is 1.61. The van der Waals surface area contributed by atoms with Crippen LogP contribution in [0.4, 0.5) is 0 Å². The SMILES string of the molecule is C=C(O)c1cnc2ccc(OC)cc2c1. The fourth-order valence-corrected chi connectivity index (χ4v) is 1.39. The molecule has 2 aromatic rings. The Morgan fingerprint density at radius 3 is 2.87 bits per heavy atom. The van der Waals surface area contributed by atoms with Gasteiger partial charge in [-0.2, -0.15) is 0 Å². The number of fused-ring (bicyclic) bond motifs is 1. The van der Waals surface area contributed by atoms with Crippen LogP contribution in [0.3, 0.4) is 0 Å². The molecule has 0 radical (unpaired) electrons. The molecule has 1 N–H and O–H groups in total. The van der Waals surface area contributed by atoms with Crippen LogP contribution in [-0.2, 0) is 0 Å². The lowest BCUT2D eigenvalue weighted by Crippen LogP contribution is -1.87. The summed E-state index contributed by atoms with van der Waals surface area (Å²) in [5.41, 5.74) is 1.48. The number of pyridine rings is 1. The van der Waals surface area contributed by atoms with Crippen molar-refractivity contribution < 1.29 is 9.84 Å². The molecule has 3 nitrogen and oxygen atoms in total. The second-order valence-electron chi connectivity index (χ2n) is 3.23. The van der Waals surface area contributed by atoms with E-state index >= 15 is 0 Å². The van der Waals surface area contributed by atoms with Gasteiger partial charge in [-0.1, -0.05) is 6.58 Å². The van der Waals surface area contributed by atoms with Gasteiger partial charge in [0.15, 0.2) is 0 Å². The molecule has 1 aromatic carbocycles. The number of rotatable bonds is 2. The van der Waals surface area contributed by atoms with E-state index in [-0.39, 0.29) is 5.76 Å². The van der Waals surface area contributed by atoms with E-state index in [0.717, 1.165) is 16.7 Å². The maximum absolute atomic E-state index is 9.24. The predicted molar refractivity (Wildman–Crippen MR) is 60.0 cm³/mol. The molecule has 15 heavy (non-hydrogen) atoms. The molecule has 0 fully saturated rings. The lowest BCUT2D eigenvalue weighted by Gasteiger charge is -2.03. The molecule has 0 aliphatic carbocycles. The van der Waals surface area contributed by atoms with Gasteiger partial charge in [-0.15, -0.1) is 0 Å². The van der Waals surface area contributed by atoms with Gasteiger partial charge in [0.05, 0.1) is 12.6 Å². The maximum Gasteiger partial charge on any atom is 0.119 e. The first-order valence-electron chi connectivity index (χ1n) is 4.53. The summed E-state index contributed by atoms with van der Waals surface area (Å²) in [6.07, 6.45) is 1.59. The van der Waals surface area contributed by atoms with Crippen LogP contribution in [-0.4, -0.2) is 17.2 Å². The predicted octanol–water partition coefficient (Wildman–Crippen LogP) is 2.77. The first-order chi connectivity index (χ1) is 7.20. The molecule has 0 saturated heterocycles. The maximum atomic E-state index is 9.24. The van der Waals surface area contributed by atoms with Crippen molar-refractivity contribution in [2.75, 3.05) is 7.11 Å². The highest BCUT2D eigenvalue weighted by molar-refractivity contribution is 5.82. The van der Waals surface area contributed by atoms with E-state index < -0.39 is 0 Å².